The van der Waals surface area contributed by atoms with Crippen molar-refractivity contribution in [1.82, 2.24) is 25.3 Å². The molecule has 0 aliphatic heterocycles. The second kappa shape index (κ2) is 4.13. The fourth-order valence-corrected chi connectivity index (χ4v) is 1.99. The zero-order valence-corrected chi connectivity index (χ0v) is 9.57. The first kappa shape index (κ1) is 10.9. The third-order valence-corrected chi connectivity index (χ3v) is 2.67. The molecule has 2 heterocycles. The molecule has 2 atom stereocenters. The largest absolute Gasteiger partial charge is 0.393 e. The van der Waals surface area contributed by atoms with Gasteiger partial charge in [-0.1, -0.05) is 13.8 Å². The molecule has 2 aromatic rings. The Morgan fingerprint density at radius 2 is 2.00 bits per heavy atom. The maximum absolute atomic E-state index is 9.76. The van der Waals surface area contributed by atoms with Crippen LogP contribution in [0.3, 0.4) is 0 Å². The van der Waals surface area contributed by atoms with E-state index in [-0.39, 0.29) is 5.92 Å². The topological polar surface area (TPSA) is 76.2 Å². The summed E-state index contributed by atoms with van der Waals surface area (Å²) in [5.74, 6) is 0.301. The number of hydrogen-bond donors (Lipinski definition) is 1. The van der Waals surface area contributed by atoms with E-state index in [9.17, 15) is 5.11 Å². The van der Waals surface area contributed by atoms with Gasteiger partial charge < -0.3 is 5.11 Å². The Morgan fingerprint density at radius 3 is 2.62 bits per heavy atom. The molecule has 6 nitrogen and oxygen atoms in total. The number of aliphatic hydroxyl groups is 1. The number of tetrazole rings is 1. The lowest BCUT2D eigenvalue weighted by molar-refractivity contribution is 0.137. The minimum absolute atomic E-state index is 0.00593. The van der Waals surface area contributed by atoms with Crippen LogP contribution in [0.25, 0.3) is 5.65 Å². The standard InChI is InChI=1S/C10H15N5O/c1-6(2)10(7(3)16)8-4-5-9-11-13-14-15(9)12-8/h4-7,10,16H,1-3H3. The molecule has 0 fully saturated rings. The van der Waals surface area contributed by atoms with Crippen molar-refractivity contribution in [3.05, 3.63) is 17.8 Å². The van der Waals surface area contributed by atoms with Gasteiger partial charge >= 0.3 is 0 Å². The van der Waals surface area contributed by atoms with Crippen LogP contribution >= 0.6 is 0 Å². The molecule has 86 valence electrons. The minimum atomic E-state index is -0.443. The molecule has 2 aromatic heterocycles. The molecular weight excluding hydrogens is 206 g/mol. The SMILES string of the molecule is CC(C)C(c1ccc2nnnn2n1)C(C)O. The number of aliphatic hydroxyl groups excluding tert-OH is 1. The summed E-state index contributed by atoms with van der Waals surface area (Å²) in [4.78, 5) is 0. The van der Waals surface area contributed by atoms with Crippen molar-refractivity contribution in [2.45, 2.75) is 32.8 Å². The molecule has 2 unspecified atom stereocenters. The smallest absolute Gasteiger partial charge is 0.199 e. The van der Waals surface area contributed by atoms with E-state index in [4.69, 9.17) is 0 Å². The number of rotatable bonds is 3. The number of hydrogen-bond acceptors (Lipinski definition) is 5. The van der Waals surface area contributed by atoms with E-state index in [2.05, 4.69) is 34.5 Å². The Morgan fingerprint density at radius 1 is 1.25 bits per heavy atom. The van der Waals surface area contributed by atoms with Crippen LogP contribution in [0.5, 0.6) is 0 Å². The highest BCUT2D eigenvalue weighted by molar-refractivity contribution is 5.33. The molecule has 0 aliphatic carbocycles. The van der Waals surface area contributed by atoms with Crippen LogP contribution in [0.15, 0.2) is 12.1 Å². The summed E-state index contributed by atoms with van der Waals surface area (Å²) >= 11 is 0. The maximum Gasteiger partial charge on any atom is 0.199 e. The van der Waals surface area contributed by atoms with Gasteiger partial charge in [0.25, 0.3) is 0 Å². The fourth-order valence-electron chi connectivity index (χ4n) is 1.99. The van der Waals surface area contributed by atoms with Gasteiger partial charge in [-0.25, -0.2) is 0 Å². The molecule has 0 saturated heterocycles. The van der Waals surface area contributed by atoms with E-state index in [1.54, 1.807) is 13.0 Å². The molecular formula is C10H15N5O. The van der Waals surface area contributed by atoms with Gasteiger partial charge in [0, 0.05) is 5.92 Å². The van der Waals surface area contributed by atoms with Gasteiger partial charge in [-0.15, -0.1) is 9.73 Å². The predicted octanol–water partition coefficient (Wildman–Crippen LogP) is 0.640. The molecule has 0 bridgehead atoms. The fraction of sp³-hybridized carbons (Fsp3) is 0.600. The normalized spacial score (nSPS) is 15.6. The van der Waals surface area contributed by atoms with Crippen LogP contribution < -0.4 is 0 Å². The molecule has 0 spiro atoms. The van der Waals surface area contributed by atoms with Crippen LogP contribution in [0.1, 0.15) is 32.4 Å². The van der Waals surface area contributed by atoms with Gasteiger partial charge in [0.1, 0.15) is 0 Å². The van der Waals surface area contributed by atoms with E-state index >= 15 is 0 Å². The molecule has 0 saturated carbocycles. The Balaban J connectivity index is 2.44. The second-order valence-corrected chi connectivity index (χ2v) is 4.30. The first-order chi connectivity index (χ1) is 7.59. The molecule has 0 amide bonds. The Bertz CT molecular complexity index is 471. The van der Waals surface area contributed by atoms with Crippen LogP contribution in [-0.2, 0) is 0 Å². The molecule has 0 aliphatic rings. The number of aromatic nitrogens is 5. The summed E-state index contributed by atoms with van der Waals surface area (Å²) < 4.78 is 1.38. The third-order valence-electron chi connectivity index (χ3n) is 2.67. The van der Waals surface area contributed by atoms with Crippen molar-refractivity contribution in [3.63, 3.8) is 0 Å². The Kier molecular flexibility index (Phi) is 2.82. The molecule has 2 rings (SSSR count). The van der Waals surface area contributed by atoms with Crippen LogP contribution in [0, 0.1) is 5.92 Å². The van der Waals surface area contributed by atoms with Crippen LogP contribution in [0.4, 0.5) is 0 Å². The van der Waals surface area contributed by atoms with Crippen LogP contribution in [-0.4, -0.2) is 36.5 Å². The lowest BCUT2D eigenvalue weighted by Gasteiger charge is -2.22. The summed E-state index contributed by atoms with van der Waals surface area (Å²) in [7, 11) is 0. The summed E-state index contributed by atoms with van der Waals surface area (Å²) in [5, 5.41) is 25.1. The predicted molar refractivity (Wildman–Crippen MR) is 57.8 cm³/mol. The molecule has 0 radical (unpaired) electrons. The lowest BCUT2D eigenvalue weighted by Crippen LogP contribution is -2.22. The summed E-state index contributed by atoms with van der Waals surface area (Å²) in [6.45, 7) is 5.89. The number of fused-ring (bicyclic) bond motifs is 1. The zero-order chi connectivity index (χ0) is 11.7. The van der Waals surface area contributed by atoms with E-state index in [1.165, 1.54) is 4.63 Å². The highest BCUT2D eigenvalue weighted by Crippen LogP contribution is 2.26. The van der Waals surface area contributed by atoms with Crippen molar-refractivity contribution in [2.24, 2.45) is 5.92 Å². The second-order valence-electron chi connectivity index (χ2n) is 4.30. The average molecular weight is 221 g/mol. The molecule has 6 heteroatoms. The average Bonchev–Trinajstić information content (AvgIpc) is 2.63. The van der Waals surface area contributed by atoms with Gasteiger partial charge in [0.05, 0.1) is 11.8 Å². The Hall–Kier alpha value is -1.56. The quantitative estimate of drug-likeness (QED) is 0.823. The van der Waals surface area contributed by atoms with E-state index in [0.717, 1.165) is 5.69 Å². The Labute approximate surface area is 93.3 Å². The van der Waals surface area contributed by atoms with Crippen molar-refractivity contribution >= 4 is 5.65 Å². The highest BCUT2D eigenvalue weighted by atomic mass is 16.3. The zero-order valence-electron chi connectivity index (χ0n) is 9.57. The highest BCUT2D eigenvalue weighted by Gasteiger charge is 2.23. The van der Waals surface area contributed by atoms with Gasteiger partial charge in [0.2, 0.25) is 0 Å². The van der Waals surface area contributed by atoms with Gasteiger partial charge in [-0.3, -0.25) is 0 Å². The number of nitrogens with zero attached hydrogens (tertiary/aromatic N) is 5. The summed E-state index contributed by atoms with van der Waals surface area (Å²) in [6.07, 6.45) is -0.443. The molecule has 1 N–H and O–H groups in total. The summed E-state index contributed by atoms with van der Waals surface area (Å²) in [5.41, 5.74) is 1.42. The first-order valence-corrected chi connectivity index (χ1v) is 5.33. The molecule has 16 heavy (non-hydrogen) atoms. The van der Waals surface area contributed by atoms with Gasteiger partial charge in [-0.05, 0) is 35.4 Å². The summed E-state index contributed by atoms with van der Waals surface area (Å²) in [6, 6.07) is 3.67. The van der Waals surface area contributed by atoms with Crippen LogP contribution in [0.2, 0.25) is 0 Å². The monoisotopic (exact) mass is 221 g/mol. The van der Waals surface area contributed by atoms with Crippen molar-refractivity contribution < 1.29 is 5.11 Å². The van der Waals surface area contributed by atoms with E-state index in [1.807, 2.05) is 6.07 Å². The first-order valence-electron chi connectivity index (χ1n) is 5.33. The lowest BCUT2D eigenvalue weighted by atomic mass is 9.88. The van der Waals surface area contributed by atoms with Crippen molar-refractivity contribution in [3.8, 4) is 0 Å². The van der Waals surface area contributed by atoms with Gasteiger partial charge in [-0.2, -0.15) is 5.10 Å². The van der Waals surface area contributed by atoms with Crippen molar-refractivity contribution in [2.75, 3.05) is 0 Å². The minimum Gasteiger partial charge on any atom is -0.393 e. The van der Waals surface area contributed by atoms with E-state index in [0.29, 0.717) is 11.6 Å². The third kappa shape index (κ3) is 1.88. The van der Waals surface area contributed by atoms with Gasteiger partial charge in [0.15, 0.2) is 5.65 Å². The van der Waals surface area contributed by atoms with E-state index < -0.39 is 6.10 Å². The van der Waals surface area contributed by atoms with Crippen molar-refractivity contribution in [1.29, 1.82) is 0 Å². The maximum atomic E-state index is 9.76. The molecule has 0 aromatic carbocycles.